The second kappa shape index (κ2) is 5.14. The van der Waals surface area contributed by atoms with Crippen LogP contribution in [-0.4, -0.2) is 12.1 Å². The summed E-state index contributed by atoms with van der Waals surface area (Å²) in [5.74, 6) is 0. The average Bonchev–Trinajstić information content (AvgIpc) is 2.19. The van der Waals surface area contributed by atoms with E-state index in [1.54, 1.807) is 0 Å². The molecule has 74 valence electrons. The molecule has 0 aliphatic carbocycles. The molecule has 0 saturated carbocycles. The van der Waals surface area contributed by atoms with Gasteiger partial charge < -0.3 is 5.32 Å². The van der Waals surface area contributed by atoms with Crippen LogP contribution in [0.5, 0.6) is 0 Å². The van der Waals surface area contributed by atoms with Crippen molar-refractivity contribution >= 4 is 5.69 Å². The largest absolute Gasteiger partial charge is 0.382 e. The Morgan fingerprint density at radius 3 is 2.50 bits per heavy atom. The van der Waals surface area contributed by atoms with Crippen molar-refractivity contribution in [3.8, 4) is 0 Å². The van der Waals surface area contributed by atoms with Crippen LogP contribution in [-0.2, 0) is 0 Å². The lowest BCUT2D eigenvalue weighted by Crippen LogP contribution is -2.26. The zero-order valence-electron chi connectivity index (χ0n) is 8.38. The first kappa shape index (κ1) is 10.4. The highest BCUT2D eigenvalue weighted by Crippen LogP contribution is 2.10. The Labute approximate surface area is 83.6 Å². The van der Waals surface area contributed by atoms with Gasteiger partial charge in [-0.1, -0.05) is 30.2 Å². The molecule has 1 aromatic rings. The van der Waals surface area contributed by atoms with Crippen LogP contribution < -0.4 is 5.32 Å². The molecule has 2 atom stereocenters. The summed E-state index contributed by atoms with van der Waals surface area (Å²) in [6.45, 7) is 3.88. The Morgan fingerprint density at radius 2 is 1.93 bits per heavy atom. The molecule has 0 aromatic heterocycles. The fourth-order valence-corrected chi connectivity index (χ4v) is 1.10. The second-order valence-corrected chi connectivity index (χ2v) is 3.24. The molecule has 0 aliphatic rings. The number of nitrogens with zero attached hydrogens (tertiary/aromatic N) is 3. The zero-order valence-corrected chi connectivity index (χ0v) is 8.38. The van der Waals surface area contributed by atoms with Gasteiger partial charge >= 0.3 is 0 Å². The fraction of sp³-hybridized carbons (Fsp3) is 0.400. The van der Waals surface area contributed by atoms with Gasteiger partial charge in [-0.25, -0.2) is 0 Å². The fourth-order valence-electron chi connectivity index (χ4n) is 1.10. The summed E-state index contributed by atoms with van der Waals surface area (Å²) in [5.41, 5.74) is 9.32. The first-order valence-corrected chi connectivity index (χ1v) is 4.60. The molecule has 1 N–H and O–H groups in total. The van der Waals surface area contributed by atoms with E-state index in [1.165, 1.54) is 0 Å². The molecule has 0 aliphatic heterocycles. The van der Waals surface area contributed by atoms with Crippen molar-refractivity contribution < 1.29 is 0 Å². The van der Waals surface area contributed by atoms with Crippen molar-refractivity contribution in [2.45, 2.75) is 25.9 Å². The van der Waals surface area contributed by atoms with Crippen molar-refractivity contribution in [1.82, 2.24) is 0 Å². The van der Waals surface area contributed by atoms with Crippen LogP contribution in [0.4, 0.5) is 5.69 Å². The summed E-state index contributed by atoms with van der Waals surface area (Å²) >= 11 is 0. The summed E-state index contributed by atoms with van der Waals surface area (Å²) in [6, 6.07) is 9.94. The summed E-state index contributed by atoms with van der Waals surface area (Å²) in [7, 11) is 0. The van der Waals surface area contributed by atoms with Gasteiger partial charge in [-0.05, 0) is 24.6 Å². The third-order valence-corrected chi connectivity index (χ3v) is 2.13. The third kappa shape index (κ3) is 2.99. The third-order valence-electron chi connectivity index (χ3n) is 2.13. The molecule has 0 bridgehead atoms. The van der Waals surface area contributed by atoms with Gasteiger partial charge in [-0.15, -0.1) is 0 Å². The maximum Gasteiger partial charge on any atom is 0.0544 e. The van der Waals surface area contributed by atoms with E-state index < -0.39 is 0 Å². The first-order valence-electron chi connectivity index (χ1n) is 4.60. The molecule has 0 radical (unpaired) electrons. The Bertz CT molecular complexity index is 316. The number of azide groups is 1. The molecule has 4 heteroatoms. The van der Waals surface area contributed by atoms with E-state index in [0.29, 0.717) is 0 Å². The van der Waals surface area contributed by atoms with Gasteiger partial charge in [0.15, 0.2) is 0 Å². The first-order chi connectivity index (χ1) is 6.74. The minimum atomic E-state index is -0.0554. The van der Waals surface area contributed by atoms with Gasteiger partial charge in [0.05, 0.1) is 6.04 Å². The van der Waals surface area contributed by atoms with Crippen molar-refractivity contribution in [3.63, 3.8) is 0 Å². The molecule has 0 fully saturated rings. The van der Waals surface area contributed by atoms with Crippen molar-refractivity contribution in [2.75, 3.05) is 5.32 Å². The Balaban J connectivity index is 2.57. The van der Waals surface area contributed by atoms with Gasteiger partial charge in [-0.2, -0.15) is 0 Å². The van der Waals surface area contributed by atoms with Gasteiger partial charge in [0.2, 0.25) is 0 Å². The van der Waals surface area contributed by atoms with Gasteiger partial charge in [0.25, 0.3) is 0 Å². The standard InChI is InChI=1S/C10H14N4/c1-8(9(2)13-14-11)12-10-6-4-3-5-7-10/h3-9,12H,1-2H3/t8-,9?/m1/s1. The SMILES string of the molecule is CC(N=[N+]=[N-])[C@@H](C)Nc1ccccc1. The van der Waals surface area contributed by atoms with Gasteiger partial charge in [0.1, 0.15) is 0 Å². The maximum atomic E-state index is 8.28. The predicted molar refractivity (Wildman–Crippen MR) is 58.1 cm³/mol. The van der Waals surface area contributed by atoms with Gasteiger partial charge in [-0.3, -0.25) is 0 Å². The Morgan fingerprint density at radius 1 is 1.29 bits per heavy atom. The zero-order chi connectivity index (χ0) is 10.4. The van der Waals surface area contributed by atoms with E-state index in [1.807, 2.05) is 44.2 Å². The van der Waals surface area contributed by atoms with Crippen LogP contribution in [0.15, 0.2) is 35.4 Å². The average molecular weight is 190 g/mol. The number of nitrogens with one attached hydrogen (secondary N) is 1. The maximum absolute atomic E-state index is 8.28. The van der Waals surface area contributed by atoms with Crippen molar-refractivity contribution in [2.24, 2.45) is 5.11 Å². The number of hydrogen-bond donors (Lipinski definition) is 1. The summed E-state index contributed by atoms with van der Waals surface area (Å²) in [4.78, 5) is 2.78. The van der Waals surface area contributed by atoms with Crippen LogP contribution in [0, 0.1) is 0 Å². The van der Waals surface area contributed by atoms with E-state index >= 15 is 0 Å². The van der Waals surface area contributed by atoms with E-state index in [0.717, 1.165) is 5.69 Å². The van der Waals surface area contributed by atoms with Crippen molar-refractivity contribution in [3.05, 3.63) is 40.8 Å². The molecule has 0 saturated heterocycles. The van der Waals surface area contributed by atoms with E-state index in [-0.39, 0.29) is 12.1 Å². The number of anilines is 1. The highest BCUT2D eigenvalue weighted by molar-refractivity contribution is 5.43. The number of hydrogen-bond acceptors (Lipinski definition) is 2. The van der Waals surface area contributed by atoms with Crippen LogP contribution in [0.2, 0.25) is 0 Å². The molecule has 1 unspecified atom stereocenters. The molecule has 0 heterocycles. The molecule has 4 nitrogen and oxygen atoms in total. The smallest absolute Gasteiger partial charge is 0.0544 e. The lowest BCUT2D eigenvalue weighted by atomic mass is 10.1. The highest BCUT2D eigenvalue weighted by atomic mass is 15.2. The molecule has 0 amide bonds. The van der Waals surface area contributed by atoms with E-state index in [4.69, 9.17) is 5.53 Å². The van der Waals surface area contributed by atoms with Crippen molar-refractivity contribution in [1.29, 1.82) is 0 Å². The molecule has 14 heavy (non-hydrogen) atoms. The number of benzene rings is 1. The topological polar surface area (TPSA) is 60.8 Å². The lowest BCUT2D eigenvalue weighted by Gasteiger charge is -2.18. The monoisotopic (exact) mass is 190 g/mol. The molecule has 0 spiro atoms. The lowest BCUT2D eigenvalue weighted by molar-refractivity contribution is 0.635. The molecular formula is C10H14N4. The van der Waals surface area contributed by atoms with Crippen LogP contribution in [0.3, 0.4) is 0 Å². The van der Waals surface area contributed by atoms with E-state index in [9.17, 15) is 0 Å². The Hall–Kier alpha value is -1.67. The normalized spacial score (nSPS) is 13.9. The number of para-hydroxylation sites is 1. The number of rotatable bonds is 4. The van der Waals surface area contributed by atoms with Crippen LogP contribution in [0.25, 0.3) is 10.4 Å². The molecular weight excluding hydrogens is 176 g/mol. The predicted octanol–water partition coefficient (Wildman–Crippen LogP) is 3.19. The van der Waals surface area contributed by atoms with Crippen LogP contribution >= 0.6 is 0 Å². The summed E-state index contributed by atoms with van der Waals surface area (Å²) < 4.78 is 0. The minimum Gasteiger partial charge on any atom is -0.382 e. The van der Waals surface area contributed by atoms with Gasteiger partial charge in [0, 0.05) is 16.6 Å². The van der Waals surface area contributed by atoms with E-state index in [2.05, 4.69) is 15.3 Å². The quantitative estimate of drug-likeness (QED) is 0.442. The minimum absolute atomic E-state index is 0.0554. The second-order valence-electron chi connectivity index (χ2n) is 3.24. The Kier molecular flexibility index (Phi) is 3.83. The molecule has 1 rings (SSSR count). The van der Waals surface area contributed by atoms with Crippen LogP contribution in [0.1, 0.15) is 13.8 Å². The molecule has 1 aromatic carbocycles. The summed E-state index contributed by atoms with van der Waals surface area (Å²) in [6.07, 6.45) is 0. The summed E-state index contributed by atoms with van der Waals surface area (Å²) in [5, 5.41) is 6.90. The highest BCUT2D eigenvalue weighted by Gasteiger charge is 2.08.